The van der Waals surface area contributed by atoms with Gasteiger partial charge in [-0.15, -0.1) is 17.9 Å². The Balaban J connectivity index is 1.75. The van der Waals surface area contributed by atoms with Crippen LogP contribution in [-0.2, 0) is 19.1 Å². The van der Waals surface area contributed by atoms with Gasteiger partial charge in [0.15, 0.2) is 11.7 Å². The van der Waals surface area contributed by atoms with Crippen LogP contribution in [0.4, 0.5) is 10.8 Å². The summed E-state index contributed by atoms with van der Waals surface area (Å²) >= 11 is 1.27. The number of hydrogen-bond donors (Lipinski definition) is 1. The van der Waals surface area contributed by atoms with Crippen molar-refractivity contribution in [3.8, 4) is 17.0 Å². The van der Waals surface area contributed by atoms with Crippen LogP contribution in [0.25, 0.3) is 11.3 Å². The summed E-state index contributed by atoms with van der Waals surface area (Å²) in [5.74, 6) is -0.268. The van der Waals surface area contributed by atoms with Gasteiger partial charge in [0.1, 0.15) is 5.75 Å². The van der Waals surface area contributed by atoms with Crippen molar-refractivity contribution in [1.82, 2.24) is 4.98 Å². The first kappa shape index (κ1) is 19.6. The van der Waals surface area contributed by atoms with Gasteiger partial charge in [-0.2, -0.15) is 0 Å². The molecule has 1 aliphatic rings. The molecule has 0 bridgehead atoms. The second kappa shape index (κ2) is 8.66. The predicted octanol–water partition coefficient (Wildman–Crippen LogP) is 2.61. The van der Waals surface area contributed by atoms with Crippen LogP contribution in [0.2, 0.25) is 0 Å². The van der Waals surface area contributed by atoms with E-state index in [1.54, 1.807) is 22.4 Å². The third-order valence-electron chi connectivity index (χ3n) is 4.04. The van der Waals surface area contributed by atoms with Crippen molar-refractivity contribution in [2.45, 2.75) is 12.8 Å². The third-order valence-corrected chi connectivity index (χ3v) is 4.80. The van der Waals surface area contributed by atoms with Crippen molar-refractivity contribution in [1.29, 1.82) is 0 Å². The van der Waals surface area contributed by atoms with E-state index in [0.717, 1.165) is 5.56 Å². The zero-order valence-corrected chi connectivity index (χ0v) is 16.1. The number of benzene rings is 1. The zero-order valence-electron chi connectivity index (χ0n) is 15.3. The number of carbonyl (C=O) groups excluding carboxylic acids is 3. The van der Waals surface area contributed by atoms with E-state index in [1.807, 2.05) is 12.1 Å². The summed E-state index contributed by atoms with van der Waals surface area (Å²) in [6.45, 7) is 4.08. The number of thiazole rings is 1. The molecule has 2 aromatic rings. The number of methoxy groups -OCH3 is 1. The Labute approximate surface area is 165 Å². The number of esters is 1. The van der Waals surface area contributed by atoms with Gasteiger partial charge in [-0.3, -0.25) is 14.4 Å². The molecular formula is C19H19N3O5S. The molecule has 2 amide bonds. The number of fused-ring (bicyclic) bond motifs is 1. The molecule has 0 radical (unpaired) electrons. The molecule has 8 nitrogen and oxygen atoms in total. The Kier molecular flexibility index (Phi) is 6.05. The Morgan fingerprint density at radius 2 is 2.25 bits per heavy atom. The van der Waals surface area contributed by atoms with Crippen molar-refractivity contribution in [2.24, 2.45) is 0 Å². The summed E-state index contributed by atoms with van der Waals surface area (Å²) in [5, 5.41) is 4.90. The van der Waals surface area contributed by atoms with Crippen LogP contribution in [-0.4, -0.2) is 43.0 Å². The molecule has 0 spiro atoms. The Bertz CT molecular complexity index is 924. The fraction of sp³-hybridized carbons (Fsp3) is 0.263. The third kappa shape index (κ3) is 4.37. The van der Waals surface area contributed by atoms with E-state index in [1.165, 1.54) is 18.4 Å². The van der Waals surface area contributed by atoms with E-state index in [2.05, 4.69) is 21.6 Å². The molecule has 3 rings (SSSR count). The molecule has 1 aromatic carbocycles. The highest BCUT2D eigenvalue weighted by molar-refractivity contribution is 7.14. The lowest BCUT2D eigenvalue weighted by molar-refractivity contribution is -0.141. The summed E-state index contributed by atoms with van der Waals surface area (Å²) in [6.07, 6.45) is 1.69. The first-order chi connectivity index (χ1) is 13.5. The van der Waals surface area contributed by atoms with Crippen molar-refractivity contribution in [3.05, 3.63) is 36.2 Å². The van der Waals surface area contributed by atoms with Gasteiger partial charge in [0.25, 0.3) is 5.91 Å². The molecule has 1 aromatic heterocycles. The first-order valence-corrected chi connectivity index (χ1v) is 9.40. The van der Waals surface area contributed by atoms with Gasteiger partial charge in [-0.25, -0.2) is 4.98 Å². The molecule has 146 valence electrons. The zero-order chi connectivity index (χ0) is 20.1. The van der Waals surface area contributed by atoms with Gasteiger partial charge in [-0.05, 0) is 18.2 Å². The largest absolute Gasteiger partial charge is 0.482 e. The fourth-order valence-corrected chi connectivity index (χ4v) is 3.39. The predicted molar refractivity (Wildman–Crippen MR) is 105 cm³/mol. The Morgan fingerprint density at radius 3 is 3.00 bits per heavy atom. The van der Waals surface area contributed by atoms with Gasteiger partial charge >= 0.3 is 5.97 Å². The lowest BCUT2D eigenvalue weighted by Gasteiger charge is -2.28. The smallest absolute Gasteiger partial charge is 0.306 e. The molecule has 1 aliphatic heterocycles. The molecule has 0 saturated carbocycles. The molecule has 0 saturated heterocycles. The number of ether oxygens (including phenoxy) is 2. The van der Waals surface area contributed by atoms with E-state index in [4.69, 9.17) is 4.74 Å². The van der Waals surface area contributed by atoms with Gasteiger partial charge in [0.05, 0.1) is 24.9 Å². The van der Waals surface area contributed by atoms with E-state index >= 15 is 0 Å². The molecule has 2 heterocycles. The highest BCUT2D eigenvalue weighted by Crippen LogP contribution is 2.36. The van der Waals surface area contributed by atoms with E-state index in [9.17, 15) is 14.4 Å². The molecule has 0 aliphatic carbocycles. The summed E-state index contributed by atoms with van der Waals surface area (Å²) < 4.78 is 9.99. The Hall–Kier alpha value is -3.20. The maximum absolute atomic E-state index is 12.1. The monoisotopic (exact) mass is 401 g/mol. The van der Waals surface area contributed by atoms with Crippen LogP contribution >= 0.6 is 11.3 Å². The topological polar surface area (TPSA) is 97.8 Å². The van der Waals surface area contributed by atoms with Crippen LogP contribution in [0.3, 0.4) is 0 Å². The number of amides is 2. The van der Waals surface area contributed by atoms with Gasteiger partial charge in [0, 0.05) is 23.9 Å². The summed E-state index contributed by atoms with van der Waals surface area (Å²) in [7, 11) is 1.28. The van der Waals surface area contributed by atoms with Crippen LogP contribution < -0.4 is 15.0 Å². The lowest BCUT2D eigenvalue weighted by atomic mass is 10.1. The van der Waals surface area contributed by atoms with Crippen LogP contribution in [0.15, 0.2) is 36.2 Å². The maximum Gasteiger partial charge on any atom is 0.306 e. The normalized spacial score (nSPS) is 12.8. The van der Waals surface area contributed by atoms with Crippen LogP contribution in [0.1, 0.15) is 12.8 Å². The second-order valence-corrected chi connectivity index (χ2v) is 6.78. The molecule has 0 unspecified atom stereocenters. The molecule has 0 fully saturated rings. The average molecular weight is 401 g/mol. The molecule has 1 N–H and O–H groups in total. The van der Waals surface area contributed by atoms with E-state index < -0.39 is 5.97 Å². The maximum atomic E-state index is 12.1. The van der Waals surface area contributed by atoms with Crippen molar-refractivity contribution < 1.29 is 23.9 Å². The number of hydrogen-bond acceptors (Lipinski definition) is 7. The number of nitrogens with zero attached hydrogens (tertiary/aromatic N) is 2. The first-order valence-electron chi connectivity index (χ1n) is 8.52. The average Bonchev–Trinajstić information content (AvgIpc) is 3.16. The standard InChI is InChI=1S/C19H19N3O5S/c1-3-8-22-14-9-12(4-5-15(14)27-10-17(22)24)13-11-28-19(20-13)21-16(23)6-7-18(25)26-2/h3-5,9,11H,1,6-8,10H2,2H3,(H,20,21,23). The van der Waals surface area contributed by atoms with Crippen LogP contribution in [0.5, 0.6) is 5.75 Å². The number of anilines is 2. The van der Waals surface area contributed by atoms with Crippen molar-refractivity contribution >= 4 is 39.9 Å². The summed E-state index contributed by atoms with van der Waals surface area (Å²) in [4.78, 5) is 41.1. The molecule has 9 heteroatoms. The highest BCUT2D eigenvalue weighted by atomic mass is 32.1. The number of nitrogens with one attached hydrogen (secondary N) is 1. The highest BCUT2D eigenvalue weighted by Gasteiger charge is 2.25. The Morgan fingerprint density at radius 1 is 1.43 bits per heavy atom. The number of carbonyl (C=O) groups is 3. The van der Waals surface area contributed by atoms with Crippen molar-refractivity contribution in [2.75, 3.05) is 30.5 Å². The minimum absolute atomic E-state index is 0.00135. The SMILES string of the molecule is C=CCN1C(=O)COc2ccc(-c3csc(NC(=O)CCC(=O)OC)n3)cc21. The van der Waals surface area contributed by atoms with E-state index in [-0.39, 0.29) is 31.3 Å². The number of aromatic nitrogens is 1. The molecular weight excluding hydrogens is 382 g/mol. The lowest BCUT2D eigenvalue weighted by Crippen LogP contribution is -2.38. The second-order valence-electron chi connectivity index (χ2n) is 5.93. The summed E-state index contributed by atoms with van der Waals surface area (Å²) in [5.41, 5.74) is 2.11. The molecule has 28 heavy (non-hydrogen) atoms. The number of rotatable bonds is 7. The quantitative estimate of drug-likeness (QED) is 0.566. The minimum atomic E-state index is -0.440. The summed E-state index contributed by atoms with van der Waals surface area (Å²) in [6, 6.07) is 5.47. The fourth-order valence-electron chi connectivity index (χ4n) is 2.65. The van der Waals surface area contributed by atoms with Gasteiger partial charge < -0.3 is 19.7 Å². The van der Waals surface area contributed by atoms with Crippen molar-refractivity contribution in [3.63, 3.8) is 0 Å². The minimum Gasteiger partial charge on any atom is -0.482 e. The van der Waals surface area contributed by atoms with Gasteiger partial charge in [-0.1, -0.05) is 6.08 Å². The molecule has 0 atom stereocenters. The van der Waals surface area contributed by atoms with E-state index in [0.29, 0.717) is 28.8 Å². The van der Waals surface area contributed by atoms with Gasteiger partial charge in [0.2, 0.25) is 5.91 Å². The van der Waals surface area contributed by atoms with Crippen LogP contribution in [0, 0.1) is 0 Å².